The number of aromatic nitrogens is 1. The smallest absolute Gasteiger partial charge is 0.122 e. The highest BCUT2D eigenvalue weighted by atomic mass is 35.5. The number of alkyl halides is 1. The van der Waals surface area contributed by atoms with Crippen LogP contribution in [-0.4, -0.2) is 27.2 Å². The quantitative estimate of drug-likeness (QED) is 0.751. The molecule has 1 heterocycles. The normalized spacial score (nSPS) is 14.3. The van der Waals surface area contributed by atoms with E-state index < -0.39 is 12.2 Å². The molecule has 0 bridgehead atoms. The van der Waals surface area contributed by atoms with Crippen LogP contribution in [0.1, 0.15) is 23.8 Å². The second-order valence-corrected chi connectivity index (χ2v) is 3.45. The molecule has 4 nitrogen and oxygen atoms in total. The Morgan fingerprint density at radius 3 is 2.67 bits per heavy atom. The van der Waals surface area contributed by atoms with Crippen LogP contribution in [0.4, 0.5) is 0 Å². The molecule has 1 rings (SSSR count). The van der Waals surface area contributed by atoms with Gasteiger partial charge in [-0.05, 0) is 18.6 Å². The summed E-state index contributed by atoms with van der Waals surface area (Å²) >= 11 is 5.44. The van der Waals surface area contributed by atoms with E-state index in [1.165, 1.54) is 12.3 Å². The SMILES string of the molecule is N#Cc1ccc(C(O)C(O)CCCl)nc1. The summed E-state index contributed by atoms with van der Waals surface area (Å²) in [5.41, 5.74) is 0.754. The van der Waals surface area contributed by atoms with Gasteiger partial charge in [0.05, 0.1) is 17.4 Å². The lowest BCUT2D eigenvalue weighted by Crippen LogP contribution is -2.19. The Kier molecular flexibility index (Phi) is 4.50. The average Bonchev–Trinajstić information content (AvgIpc) is 2.28. The molecule has 5 heteroatoms. The minimum atomic E-state index is -1.06. The van der Waals surface area contributed by atoms with Gasteiger partial charge in [0.1, 0.15) is 12.2 Å². The number of rotatable bonds is 4. The zero-order chi connectivity index (χ0) is 11.3. The lowest BCUT2D eigenvalue weighted by Gasteiger charge is -2.15. The molecule has 0 aromatic carbocycles. The highest BCUT2D eigenvalue weighted by Gasteiger charge is 2.18. The molecule has 0 aliphatic carbocycles. The Hall–Kier alpha value is -1.15. The van der Waals surface area contributed by atoms with Gasteiger partial charge in [-0.25, -0.2) is 0 Å². The summed E-state index contributed by atoms with van der Waals surface area (Å²) < 4.78 is 0. The van der Waals surface area contributed by atoms with E-state index in [1.54, 1.807) is 6.07 Å². The molecule has 0 aliphatic heterocycles. The van der Waals surface area contributed by atoms with Crippen molar-refractivity contribution in [3.05, 3.63) is 29.6 Å². The lowest BCUT2D eigenvalue weighted by molar-refractivity contribution is 0.0144. The molecule has 0 aliphatic rings. The van der Waals surface area contributed by atoms with Crippen molar-refractivity contribution < 1.29 is 10.2 Å². The molecule has 15 heavy (non-hydrogen) atoms. The van der Waals surface area contributed by atoms with Crippen LogP contribution in [0.25, 0.3) is 0 Å². The first-order chi connectivity index (χ1) is 7.19. The van der Waals surface area contributed by atoms with E-state index in [0.29, 0.717) is 17.7 Å². The van der Waals surface area contributed by atoms with E-state index in [2.05, 4.69) is 4.98 Å². The van der Waals surface area contributed by atoms with Crippen molar-refractivity contribution in [3.63, 3.8) is 0 Å². The van der Waals surface area contributed by atoms with Crippen LogP contribution in [0.2, 0.25) is 0 Å². The van der Waals surface area contributed by atoms with Crippen molar-refractivity contribution in [2.45, 2.75) is 18.6 Å². The van der Waals surface area contributed by atoms with Crippen LogP contribution in [0.5, 0.6) is 0 Å². The molecule has 0 radical (unpaired) electrons. The maximum atomic E-state index is 9.63. The van der Waals surface area contributed by atoms with E-state index >= 15 is 0 Å². The van der Waals surface area contributed by atoms with E-state index in [9.17, 15) is 10.2 Å². The van der Waals surface area contributed by atoms with Crippen molar-refractivity contribution >= 4 is 11.6 Å². The van der Waals surface area contributed by atoms with Crippen molar-refractivity contribution in [2.75, 3.05) is 5.88 Å². The molecule has 2 unspecified atom stereocenters. The standard InChI is InChI=1S/C10H11ClN2O2/c11-4-3-9(14)10(15)8-2-1-7(5-12)6-13-8/h1-2,6,9-10,14-15H,3-4H2. The maximum Gasteiger partial charge on any atom is 0.122 e. The van der Waals surface area contributed by atoms with Crippen LogP contribution < -0.4 is 0 Å². The molecule has 1 aromatic heterocycles. The van der Waals surface area contributed by atoms with Crippen LogP contribution in [0.15, 0.2) is 18.3 Å². The number of aliphatic hydroxyl groups excluding tert-OH is 2. The van der Waals surface area contributed by atoms with Gasteiger partial charge in [-0.3, -0.25) is 4.98 Å². The monoisotopic (exact) mass is 226 g/mol. The molecule has 2 atom stereocenters. The zero-order valence-corrected chi connectivity index (χ0v) is 8.72. The van der Waals surface area contributed by atoms with Crippen molar-refractivity contribution in [3.8, 4) is 6.07 Å². The van der Waals surface area contributed by atoms with E-state index in [0.717, 1.165) is 0 Å². The number of hydrogen-bond donors (Lipinski definition) is 2. The molecular weight excluding hydrogens is 216 g/mol. The fraction of sp³-hybridized carbons (Fsp3) is 0.400. The van der Waals surface area contributed by atoms with Crippen molar-refractivity contribution in [1.82, 2.24) is 4.98 Å². The minimum Gasteiger partial charge on any atom is -0.390 e. The van der Waals surface area contributed by atoms with Gasteiger partial charge in [0.15, 0.2) is 0 Å². The molecule has 80 valence electrons. The highest BCUT2D eigenvalue weighted by Crippen LogP contribution is 2.17. The summed E-state index contributed by atoms with van der Waals surface area (Å²) in [4.78, 5) is 3.88. The summed E-state index contributed by atoms with van der Waals surface area (Å²) in [5, 5.41) is 27.6. The Morgan fingerprint density at radius 1 is 1.47 bits per heavy atom. The van der Waals surface area contributed by atoms with Crippen LogP contribution in [-0.2, 0) is 0 Å². The van der Waals surface area contributed by atoms with Gasteiger partial charge in [0.2, 0.25) is 0 Å². The fourth-order valence-corrected chi connectivity index (χ4v) is 1.34. The predicted octanol–water partition coefficient (Wildman–Crippen LogP) is 0.976. The number of aliphatic hydroxyl groups is 2. The number of hydrogen-bond acceptors (Lipinski definition) is 4. The summed E-state index contributed by atoms with van der Waals surface area (Å²) in [5.74, 6) is 0.272. The van der Waals surface area contributed by atoms with Crippen molar-refractivity contribution in [1.29, 1.82) is 5.26 Å². The Labute approximate surface area is 92.8 Å². The molecule has 0 fully saturated rings. The van der Waals surface area contributed by atoms with Gasteiger partial charge >= 0.3 is 0 Å². The van der Waals surface area contributed by atoms with Crippen LogP contribution in [0, 0.1) is 11.3 Å². The number of nitriles is 1. The Balaban J connectivity index is 2.74. The molecule has 0 spiro atoms. The van der Waals surface area contributed by atoms with Gasteiger partial charge < -0.3 is 10.2 Å². The predicted molar refractivity (Wildman–Crippen MR) is 55.3 cm³/mol. The minimum absolute atomic E-state index is 0.272. The molecule has 2 N–H and O–H groups in total. The molecule has 1 aromatic rings. The fourth-order valence-electron chi connectivity index (χ4n) is 1.11. The topological polar surface area (TPSA) is 77.1 Å². The Morgan fingerprint density at radius 2 is 2.20 bits per heavy atom. The van der Waals surface area contributed by atoms with E-state index in [4.69, 9.17) is 16.9 Å². The third-order valence-corrected chi connectivity index (χ3v) is 2.21. The van der Waals surface area contributed by atoms with Crippen molar-refractivity contribution in [2.24, 2.45) is 0 Å². The summed E-state index contributed by atoms with van der Waals surface area (Å²) in [7, 11) is 0. The van der Waals surface area contributed by atoms with E-state index in [-0.39, 0.29) is 5.88 Å². The Bertz CT molecular complexity index is 347. The van der Waals surface area contributed by atoms with Gasteiger partial charge in [-0.1, -0.05) is 0 Å². The summed E-state index contributed by atoms with van der Waals surface area (Å²) in [6.45, 7) is 0. The number of pyridine rings is 1. The first kappa shape index (κ1) is 11.9. The lowest BCUT2D eigenvalue weighted by atomic mass is 10.1. The number of nitrogens with zero attached hydrogens (tertiary/aromatic N) is 2. The molecular formula is C10H11ClN2O2. The molecule has 0 saturated heterocycles. The third kappa shape index (κ3) is 3.17. The summed E-state index contributed by atoms with van der Waals surface area (Å²) in [6.07, 6.45) is -0.337. The largest absolute Gasteiger partial charge is 0.390 e. The highest BCUT2D eigenvalue weighted by molar-refractivity contribution is 6.17. The molecule has 0 saturated carbocycles. The van der Waals surface area contributed by atoms with Gasteiger partial charge in [0, 0.05) is 12.1 Å². The summed E-state index contributed by atoms with van der Waals surface area (Å²) in [6, 6.07) is 4.97. The van der Waals surface area contributed by atoms with Gasteiger partial charge in [-0.2, -0.15) is 5.26 Å². The van der Waals surface area contributed by atoms with Crippen LogP contribution in [0.3, 0.4) is 0 Å². The first-order valence-electron chi connectivity index (χ1n) is 4.47. The first-order valence-corrected chi connectivity index (χ1v) is 5.00. The maximum absolute atomic E-state index is 9.63. The zero-order valence-electron chi connectivity index (χ0n) is 7.97. The van der Waals surface area contributed by atoms with Gasteiger partial charge in [-0.15, -0.1) is 11.6 Å². The number of halogens is 1. The third-order valence-electron chi connectivity index (χ3n) is 1.99. The second-order valence-electron chi connectivity index (χ2n) is 3.07. The van der Waals surface area contributed by atoms with E-state index in [1.807, 2.05) is 6.07 Å². The van der Waals surface area contributed by atoms with Gasteiger partial charge in [0.25, 0.3) is 0 Å². The second kappa shape index (κ2) is 5.66. The average molecular weight is 227 g/mol. The van der Waals surface area contributed by atoms with Crippen LogP contribution >= 0.6 is 11.6 Å². The molecule has 0 amide bonds.